The van der Waals surface area contributed by atoms with Crippen molar-refractivity contribution in [2.45, 2.75) is 0 Å². The maximum absolute atomic E-state index is 13.6. The topological polar surface area (TPSA) is 30.7 Å². The summed E-state index contributed by atoms with van der Waals surface area (Å²) in [5, 5.41) is 0. The zero-order valence-corrected chi connectivity index (χ0v) is 9.26. The predicted octanol–water partition coefficient (Wildman–Crippen LogP) is 2.77. The highest BCUT2D eigenvalue weighted by Gasteiger charge is 2.11. The number of nitrogens with zero attached hydrogens (tertiary/aromatic N) is 3. The first-order valence-corrected chi connectivity index (χ1v) is 5.29. The summed E-state index contributed by atoms with van der Waals surface area (Å²) in [6.45, 7) is 0. The molecule has 3 nitrogen and oxygen atoms in total. The van der Waals surface area contributed by atoms with Crippen molar-refractivity contribution in [3.8, 4) is 11.4 Å². The van der Waals surface area contributed by atoms with Crippen molar-refractivity contribution in [3.63, 3.8) is 0 Å². The smallest absolute Gasteiger partial charge is 0.151 e. The predicted molar refractivity (Wildman–Crippen MR) is 63.9 cm³/mol. The standard InChI is InChI=1S/C13H10FN3/c1-17-11-4-2-3-10(14)12(11)16-13(17)9-5-7-15-8-6-9/h2-8H,1H3. The summed E-state index contributed by atoms with van der Waals surface area (Å²) < 4.78 is 15.5. The number of hydrogen-bond acceptors (Lipinski definition) is 2. The van der Waals surface area contributed by atoms with Crippen LogP contribution in [0, 0.1) is 5.82 Å². The number of aryl methyl sites for hydroxylation is 1. The number of para-hydroxylation sites is 1. The number of halogens is 1. The van der Waals surface area contributed by atoms with Crippen LogP contribution in [0.5, 0.6) is 0 Å². The van der Waals surface area contributed by atoms with Gasteiger partial charge in [-0.1, -0.05) is 6.07 Å². The molecule has 3 aromatic rings. The van der Waals surface area contributed by atoms with Crippen LogP contribution in [0.1, 0.15) is 0 Å². The summed E-state index contributed by atoms with van der Waals surface area (Å²) in [6.07, 6.45) is 3.40. The Bertz CT molecular complexity index is 674. The lowest BCUT2D eigenvalue weighted by molar-refractivity contribution is 0.637. The van der Waals surface area contributed by atoms with Gasteiger partial charge in [0.05, 0.1) is 5.52 Å². The second-order valence-corrected chi connectivity index (χ2v) is 3.84. The molecule has 0 atom stereocenters. The van der Waals surface area contributed by atoms with Crippen molar-refractivity contribution in [1.29, 1.82) is 0 Å². The molecule has 0 unspecified atom stereocenters. The molecule has 0 saturated heterocycles. The van der Waals surface area contributed by atoms with Gasteiger partial charge in [-0.15, -0.1) is 0 Å². The van der Waals surface area contributed by atoms with Crippen LogP contribution < -0.4 is 0 Å². The Morgan fingerprint density at radius 3 is 2.59 bits per heavy atom. The number of hydrogen-bond donors (Lipinski definition) is 0. The van der Waals surface area contributed by atoms with E-state index in [1.807, 2.05) is 29.8 Å². The van der Waals surface area contributed by atoms with Crippen molar-refractivity contribution in [2.75, 3.05) is 0 Å². The van der Waals surface area contributed by atoms with Gasteiger partial charge in [0, 0.05) is 25.0 Å². The molecule has 0 amide bonds. The number of fused-ring (bicyclic) bond motifs is 1. The van der Waals surface area contributed by atoms with Crippen LogP contribution >= 0.6 is 0 Å². The Balaban J connectivity index is 2.32. The molecule has 0 aliphatic rings. The quantitative estimate of drug-likeness (QED) is 0.640. The molecule has 0 radical (unpaired) electrons. The number of benzene rings is 1. The molecule has 3 rings (SSSR count). The normalized spacial score (nSPS) is 10.9. The van der Waals surface area contributed by atoms with E-state index in [9.17, 15) is 4.39 Å². The minimum atomic E-state index is -0.293. The fraction of sp³-hybridized carbons (Fsp3) is 0.0769. The van der Waals surface area contributed by atoms with Crippen LogP contribution in [0.4, 0.5) is 4.39 Å². The van der Waals surface area contributed by atoms with Gasteiger partial charge in [0.2, 0.25) is 0 Å². The van der Waals surface area contributed by atoms with Crippen molar-refractivity contribution >= 4 is 11.0 Å². The summed E-state index contributed by atoms with van der Waals surface area (Å²) in [4.78, 5) is 8.30. The Kier molecular flexibility index (Phi) is 2.14. The zero-order chi connectivity index (χ0) is 11.8. The maximum Gasteiger partial charge on any atom is 0.151 e. The van der Waals surface area contributed by atoms with Crippen LogP contribution in [-0.2, 0) is 7.05 Å². The largest absolute Gasteiger partial charge is 0.327 e. The maximum atomic E-state index is 13.6. The molecule has 0 aliphatic carbocycles. The second-order valence-electron chi connectivity index (χ2n) is 3.84. The molecule has 0 spiro atoms. The van der Waals surface area contributed by atoms with Crippen LogP contribution in [0.3, 0.4) is 0 Å². The van der Waals surface area contributed by atoms with Gasteiger partial charge in [-0.25, -0.2) is 9.37 Å². The van der Waals surface area contributed by atoms with Crippen LogP contribution in [0.15, 0.2) is 42.7 Å². The van der Waals surface area contributed by atoms with Crippen molar-refractivity contribution in [3.05, 3.63) is 48.5 Å². The molecule has 0 bridgehead atoms. The van der Waals surface area contributed by atoms with E-state index in [1.54, 1.807) is 18.5 Å². The van der Waals surface area contributed by atoms with Crippen LogP contribution in [0.25, 0.3) is 22.4 Å². The summed E-state index contributed by atoms with van der Waals surface area (Å²) >= 11 is 0. The summed E-state index contributed by atoms with van der Waals surface area (Å²) in [5.74, 6) is 0.450. The van der Waals surface area contributed by atoms with Gasteiger partial charge in [-0.3, -0.25) is 4.98 Å². The lowest BCUT2D eigenvalue weighted by atomic mass is 10.2. The van der Waals surface area contributed by atoms with E-state index in [2.05, 4.69) is 9.97 Å². The lowest BCUT2D eigenvalue weighted by Gasteiger charge is -2.01. The van der Waals surface area contributed by atoms with Gasteiger partial charge in [0.25, 0.3) is 0 Å². The molecule has 0 N–H and O–H groups in total. The van der Waals surface area contributed by atoms with Gasteiger partial charge in [0.15, 0.2) is 5.82 Å². The Hall–Kier alpha value is -2.23. The Labute approximate surface area is 97.6 Å². The van der Waals surface area contributed by atoms with E-state index in [0.29, 0.717) is 5.52 Å². The van der Waals surface area contributed by atoms with E-state index < -0.39 is 0 Å². The van der Waals surface area contributed by atoms with E-state index in [1.165, 1.54) is 6.07 Å². The van der Waals surface area contributed by atoms with Crippen molar-refractivity contribution < 1.29 is 4.39 Å². The summed E-state index contributed by atoms with van der Waals surface area (Å²) in [5.41, 5.74) is 2.12. The van der Waals surface area contributed by atoms with Crippen molar-refractivity contribution in [2.24, 2.45) is 7.05 Å². The van der Waals surface area contributed by atoms with E-state index in [4.69, 9.17) is 0 Å². The third-order valence-corrected chi connectivity index (χ3v) is 2.80. The van der Waals surface area contributed by atoms with Gasteiger partial charge < -0.3 is 4.57 Å². The highest BCUT2D eigenvalue weighted by Crippen LogP contribution is 2.24. The minimum Gasteiger partial charge on any atom is -0.327 e. The third-order valence-electron chi connectivity index (χ3n) is 2.80. The van der Waals surface area contributed by atoms with Crippen LogP contribution in [0.2, 0.25) is 0 Å². The molecule has 84 valence electrons. The highest BCUT2D eigenvalue weighted by atomic mass is 19.1. The fourth-order valence-corrected chi connectivity index (χ4v) is 1.94. The fourth-order valence-electron chi connectivity index (χ4n) is 1.94. The first-order chi connectivity index (χ1) is 8.27. The Morgan fingerprint density at radius 1 is 1.12 bits per heavy atom. The molecule has 2 aromatic heterocycles. The highest BCUT2D eigenvalue weighted by molar-refractivity contribution is 5.80. The van der Waals surface area contributed by atoms with Gasteiger partial charge in [-0.2, -0.15) is 0 Å². The van der Waals surface area contributed by atoms with E-state index in [0.717, 1.165) is 16.9 Å². The minimum absolute atomic E-state index is 0.293. The average molecular weight is 227 g/mol. The zero-order valence-electron chi connectivity index (χ0n) is 9.26. The summed E-state index contributed by atoms with van der Waals surface area (Å²) in [6, 6.07) is 8.69. The van der Waals surface area contributed by atoms with Crippen molar-refractivity contribution in [1.82, 2.24) is 14.5 Å². The molecule has 0 aliphatic heterocycles. The first-order valence-electron chi connectivity index (χ1n) is 5.29. The number of aromatic nitrogens is 3. The molecule has 17 heavy (non-hydrogen) atoms. The number of rotatable bonds is 1. The number of imidazole rings is 1. The van der Waals surface area contributed by atoms with E-state index in [-0.39, 0.29) is 5.82 Å². The van der Waals surface area contributed by atoms with E-state index >= 15 is 0 Å². The molecule has 4 heteroatoms. The second kappa shape index (κ2) is 3.66. The molecule has 2 heterocycles. The lowest BCUT2D eigenvalue weighted by Crippen LogP contribution is -1.92. The molecule has 1 aromatic carbocycles. The molecular weight excluding hydrogens is 217 g/mol. The number of pyridine rings is 1. The monoisotopic (exact) mass is 227 g/mol. The SMILES string of the molecule is Cn1c(-c2ccncc2)nc2c(F)cccc21. The Morgan fingerprint density at radius 2 is 1.88 bits per heavy atom. The average Bonchev–Trinajstić information content (AvgIpc) is 2.70. The van der Waals surface area contributed by atoms with Gasteiger partial charge >= 0.3 is 0 Å². The van der Waals surface area contributed by atoms with Gasteiger partial charge in [0.1, 0.15) is 11.3 Å². The first kappa shape index (κ1) is 9.96. The summed E-state index contributed by atoms with van der Waals surface area (Å²) in [7, 11) is 1.88. The third kappa shape index (κ3) is 1.49. The molecular formula is C13H10FN3. The molecule has 0 saturated carbocycles. The van der Waals surface area contributed by atoms with Crippen LogP contribution in [-0.4, -0.2) is 14.5 Å². The molecule has 0 fully saturated rings. The van der Waals surface area contributed by atoms with Gasteiger partial charge in [-0.05, 0) is 24.3 Å².